The first-order chi connectivity index (χ1) is 6.33. The van der Waals surface area contributed by atoms with Crippen molar-refractivity contribution >= 4 is 6.79 Å². The smallest absolute Gasteiger partial charge is 0.171 e. The Bertz CT molecular complexity index is 152. The predicted molar refractivity (Wildman–Crippen MR) is 49.4 cm³/mol. The van der Waals surface area contributed by atoms with E-state index < -0.39 is 0 Å². The number of hydrogen-bond acceptors (Lipinski definition) is 3. The minimum atomic E-state index is -0.168. The summed E-state index contributed by atoms with van der Waals surface area (Å²) in [6.45, 7) is 5.83. The number of rotatable bonds is 0. The Morgan fingerprint density at radius 3 is 2.38 bits per heavy atom. The van der Waals surface area contributed by atoms with E-state index in [9.17, 15) is 0 Å². The minimum Gasteiger partial charge on any atom is -0.347 e. The van der Waals surface area contributed by atoms with Crippen molar-refractivity contribution in [2.45, 2.75) is 38.4 Å². The van der Waals surface area contributed by atoms with Crippen LogP contribution >= 0.6 is 0 Å². The van der Waals surface area contributed by atoms with E-state index in [2.05, 4.69) is 6.92 Å². The quantitative estimate of drug-likeness (QED) is 0.578. The highest BCUT2D eigenvalue weighted by Gasteiger charge is 2.43. The van der Waals surface area contributed by atoms with E-state index in [-0.39, 0.29) is 5.79 Å². The molecule has 1 heterocycles. The van der Waals surface area contributed by atoms with E-state index in [0.29, 0.717) is 5.92 Å². The van der Waals surface area contributed by atoms with Gasteiger partial charge < -0.3 is 14.3 Å². The van der Waals surface area contributed by atoms with Crippen molar-refractivity contribution in [3.8, 4) is 0 Å². The molecule has 1 spiro atoms. The molecule has 1 aliphatic heterocycles. The third-order valence-electron chi connectivity index (χ3n) is 2.94. The molecular formula is C10H18O3. The summed E-state index contributed by atoms with van der Waals surface area (Å²) in [5.41, 5.74) is 0. The summed E-state index contributed by atoms with van der Waals surface area (Å²) in [7, 11) is 0. The third-order valence-corrected chi connectivity index (χ3v) is 2.94. The van der Waals surface area contributed by atoms with E-state index in [1.807, 2.05) is 6.79 Å². The lowest BCUT2D eigenvalue weighted by atomic mass is 9.85. The molecule has 76 valence electrons. The third kappa shape index (κ3) is 2.09. The predicted octanol–water partition coefficient (Wildman–Crippen LogP) is 1.75. The maximum atomic E-state index is 8.00. The molecule has 1 saturated carbocycles. The van der Waals surface area contributed by atoms with Gasteiger partial charge in [-0.25, -0.2) is 0 Å². The molecule has 0 aromatic heterocycles. The van der Waals surface area contributed by atoms with E-state index >= 15 is 0 Å². The fourth-order valence-electron chi connectivity index (χ4n) is 2.19. The molecule has 2 fully saturated rings. The van der Waals surface area contributed by atoms with E-state index in [1.54, 1.807) is 0 Å². The van der Waals surface area contributed by atoms with Crippen LogP contribution in [0.2, 0.25) is 0 Å². The second-order valence-electron chi connectivity index (χ2n) is 3.66. The Balaban J connectivity index is 0.000000396. The fourth-order valence-corrected chi connectivity index (χ4v) is 2.19. The molecule has 0 amide bonds. The van der Waals surface area contributed by atoms with Crippen LogP contribution in [0, 0.1) is 5.92 Å². The summed E-state index contributed by atoms with van der Waals surface area (Å²) in [4.78, 5) is 8.00. The number of hydrogen-bond donors (Lipinski definition) is 0. The molecule has 3 heteroatoms. The molecule has 0 unspecified atom stereocenters. The summed E-state index contributed by atoms with van der Waals surface area (Å²) < 4.78 is 11.3. The van der Waals surface area contributed by atoms with Gasteiger partial charge in [-0.3, -0.25) is 0 Å². The fraction of sp³-hybridized carbons (Fsp3) is 0.900. The van der Waals surface area contributed by atoms with Crippen molar-refractivity contribution in [3.63, 3.8) is 0 Å². The summed E-state index contributed by atoms with van der Waals surface area (Å²) in [6, 6.07) is 0. The van der Waals surface area contributed by atoms with Crippen molar-refractivity contribution < 1.29 is 14.3 Å². The molecule has 0 aromatic rings. The Hall–Kier alpha value is -0.410. The Kier molecular flexibility index (Phi) is 3.88. The van der Waals surface area contributed by atoms with E-state index in [4.69, 9.17) is 14.3 Å². The first-order valence-electron chi connectivity index (χ1n) is 4.90. The number of carbonyl (C=O) groups excluding carboxylic acids is 1. The van der Waals surface area contributed by atoms with E-state index in [0.717, 1.165) is 19.6 Å². The van der Waals surface area contributed by atoms with Gasteiger partial charge in [0, 0.05) is 12.3 Å². The first-order valence-corrected chi connectivity index (χ1v) is 4.90. The number of ether oxygens (including phenoxy) is 2. The lowest BCUT2D eigenvalue weighted by Gasteiger charge is -2.37. The highest BCUT2D eigenvalue weighted by atomic mass is 16.7. The van der Waals surface area contributed by atoms with Crippen LogP contribution < -0.4 is 0 Å². The average molecular weight is 186 g/mol. The van der Waals surface area contributed by atoms with Crippen LogP contribution in [-0.2, 0) is 14.3 Å². The maximum Gasteiger partial charge on any atom is 0.171 e. The lowest BCUT2D eigenvalue weighted by molar-refractivity contribution is -0.207. The number of carbonyl (C=O) groups is 1. The van der Waals surface area contributed by atoms with Crippen LogP contribution in [0.4, 0.5) is 0 Å². The minimum absolute atomic E-state index is 0.168. The lowest BCUT2D eigenvalue weighted by Crippen LogP contribution is -2.40. The van der Waals surface area contributed by atoms with Gasteiger partial charge in [0.05, 0.1) is 13.2 Å². The maximum absolute atomic E-state index is 8.00. The zero-order chi connectivity index (χ0) is 9.73. The van der Waals surface area contributed by atoms with Crippen molar-refractivity contribution in [1.29, 1.82) is 0 Å². The normalized spacial score (nSPS) is 31.0. The molecular weight excluding hydrogens is 168 g/mol. The molecule has 2 aliphatic rings. The highest BCUT2D eigenvalue weighted by Crippen LogP contribution is 2.39. The van der Waals surface area contributed by atoms with Crippen molar-refractivity contribution in [2.24, 2.45) is 5.92 Å². The van der Waals surface area contributed by atoms with Gasteiger partial charge in [0.15, 0.2) is 5.79 Å². The molecule has 1 atom stereocenters. The van der Waals surface area contributed by atoms with Crippen LogP contribution in [0.15, 0.2) is 0 Å². The largest absolute Gasteiger partial charge is 0.347 e. The second-order valence-corrected chi connectivity index (χ2v) is 3.66. The summed E-state index contributed by atoms with van der Waals surface area (Å²) in [5, 5.41) is 0. The van der Waals surface area contributed by atoms with Crippen molar-refractivity contribution in [1.82, 2.24) is 0 Å². The Morgan fingerprint density at radius 2 is 1.85 bits per heavy atom. The molecule has 0 radical (unpaired) electrons. The standard InChI is InChI=1S/C9H16O2.CH2O/c1-8-4-2-3-5-9(8)10-6-7-11-9;1-2/h8H,2-7H2,1H3;1H2/t8-;/m1./s1. The molecule has 0 bridgehead atoms. The van der Waals surface area contributed by atoms with Gasteiger partial charge in [0.2, 0.25) is 0 Å². The van der Waals surface area contributed by atoms with Crippen molar-refractivity contribution in [3.05, 3.63) is 0 Å². The Morgan fingerprint density at radius 1 is 1.23 bits per heavy atom. The molecule has 0 aromatic carbocycles. The topological polar surface area (TPSA) is 35.5 Å². The zero-order valence-electron chi connectivity index (χ0n) is 8.25. The van der Waals surface area contributed by atoms with Gasteiger partial charge in [-0.05, 0) is 12.8 Å². The van der Waals surface area contributed by atoms with Crippen LogP contribution in [-0.4, -0.2) is 25.8 Å². The van der Waals surface area contributed by atoms with Crippen LogP contribution in [0.5, 0.6) is 0 Å². The molecule has 0 N–H and O–H groups in total. The van der Waals surface area contributed by atoms with E-state index in [1.165, 1.54) is 19.3 Å². The van der Waals surface area contributed by atoms with Gasteiger partial charge in [-0.1, -0.05) is 13.3 Å². The second kappa shape index (κ2) is 4.72. The molecule has 13 heavy (non-hydrogen) atoms. The molecule has 1 aliphatic carbocycles. The summed E-state index contributed by atoms with van der Waals surface area (Å²) in [5.74, 6) is 0.428. The average Bonchev–Trinajstić information content (AvgIpc) is 2.64. The summed E-state index contributed by atoms with van der Waals surface area (Å²) in [6.07, 6.45) is 4.98. The van der Waals surface area contributed by atoms with Crippen molar-refractivity contribution in [2.75, 3.05) is 13.2 Å². The van der Waals surface area contributed by atoms with Gasteiger partial charge >= 0.3 is 0 Å². The molecule has 3 nitrogen and oxygen atoms in total. The van der Waals surface area contributed by atoms with Gasteiger partial charge in [-0.2, -0.15) is 0 Å². The zero-order valence-corrected chi connectivity index (χ0v) is 8.25. The highest BCUT2D eigenvalue weighted by molar-refractivity contribution is 5.10. The van der Waals surface area contributed by atoms with Gasteiger partial charge in [0.25, 0.3) is 0 Å². The SMILES string of the molecule is C=O.C[C@@H]1CCCCC12OCCO2. The van der Waals surface area contributed by atoms with Crippen LogP contribution in [0.25, 0.3) is 0 Å². The monoisotopic (exact) mass is 186 g/mol. The van der Waals surface area contributed by atoms with Crippen LogP contribution in [0.3, 0.4) is 0 Å². The van der Waals surface area contributed by atoms with Gasteiger partial charge in [-0.15, -0.1) is 0 Å². The molecule has 1 saturated heterocycles. The molecule has 2 rings (SSSR count). The Labute approximate surface area is 79.4 Å². The summed E-state index contributed by atoms with van der Waals surface area (Å²) >= 11 is 0. The van der Waals surface area contributed by atoms with Crippen LogP contribution in [0.1, 0.15) is 32.6 Å². The first kappa shape index (κ1) is 10.7. The van der Waals surface area contributed by atoms with Gasteiger partial charge in [0.1, 0.15) is 6.79 Å².